The zero-order valence-corrected chi connectivity index (χ0v) is 13.6. The Morgan fingerprint density at radius 1 is 1.04 bits per heavy atom. The average Bonchev–Trinajstić information content (AvgIpc) is 2.66. The number of amides is 1. The van der Waals surface area contributed by atoms with Crippen molar-refractivity contribution in [1.82, 2.24) is 4.98 Å². The summed E-state index contributed by atoms with van der Waals surface area (Å²) in [6.07, 6.45) is 4.65. The molecule has 1 amide bonds. The lowest BCUT2D eigenvalue weighted by molar-refractivity contribution is -0.134. The Labute approximate surface area is 145 Å². The molecule has 1 aromatic heterocycles. The van der Waals surface area contributed by atoms with E-state index in [1.807, 2.05) is 30.3 Å². The number of para-hydroxylation sites is 1. The molecule has 0 aliphatic heterocycles. The fourth-order valence-corrected chi connectivity index (χ4v) is 2.38. The van der Waals surface area contributed by atoms with E-state index in [1.165, 1.54) is 13.2 Å². The maximum atomic E-state index is 12.5. The number of hydrogen-bond donors (Lipinski definition) is 1. The normalized spacial score (nSPS) is 10.8. The molecule has 3 aromatic rings. The van der Waals surface area contributed by atoms with Gasteiger partial charge in [0.15, 0.2) is 0 Å². The van der Waals surface area contributed by atoms with Crippen LogP contribution in [-0.4, -0.2) is 24.0 Å². The van der Waals surface area contributed by atoms with Crippen molar-refractivity contribution in [2.24, 2.45) is 0 Å². The summed E-state index contributed by atoms with van der Waals surface area (Å²) in [5.74, 6) is -0.646. The van der Waals surface area contributed by atoms with E-state index >= 15 is 0 Å². The number of esters is 1. The van der Waals surface area contributed by atoms with Crippen molar-refractivity contribution in [3.05, 3.63) is 78.0 Å². The first-order valence-electron chi connectivity index (χ1n) is 7.68. The highest BCUT2D eigenvalue weighted by molar-refractivity contribution is 6.08. The van der Waals surface area contributed by atoms with E-state index in [0.29, 0.717) is 11.3 Å². The molecule has 0 atom stereocenters. The van der Waals surface area contributed by atoms with Gasteiger partial charge in [0.05, 0.1) is 18.3 Å². The molecule has 0 spiro atoms. The summed E-state index contributed by atoms with van der Waals surface area (Å²) in [5.41, 5.74) is 2.73. The number of hydrogen-bond acceptors (Lipinski definition) is 4. The Morgan fingerprint density at radius 2 is 1.80 bits per heavy atom. The van der Waals surface area contributed by atoms with E-state index in [4.69, 9.17) is 0 Å². The first kappa shape index (κ1) is 16.4. The molecule has 124 valence electrons. The molecule has 1 heterocycles. The number of ether oxygens (including phenoxy) is 1. The van der Waals surface area contributed by atoms with Crippen LogP contribution in [-0.2, 0) is 9.53 Å². The van der Waals surface area contributed by atoms with Gasteiger partial charge in [0.1, 0.15) is 0 Å². The third-order valence-electron chi connectivity index (χ3n) is 3.67. The van der Waals surface area contributed by atoms with Crippen molar-refractivity contribution in [2.45, 2.75) is 0 Å². The predicted octanol–water partition coefficient (Wildman–Crippen LogP) is 3.67. The number of rotatable bonds is 4. The topological polar surface area (TPSA) is 68.3 Å². The van der Waals surface area contributed by atoms with Crippen LogP contribution in [0, 0.1) is 0 Å². The van der Waals surface area contributed by atoms with Gasteiger partial charge in [0, 0.05) is 23.2 Å². The molecule has 0 radical (unpaired) electrons. The Hall–Kier alpha value is -3.47. The van der Waals surface area contributed by atoms with Gasteiger partial charge < -0.3 is 10.1 Å². The van der Waals surface area contributed by atoms with Crippen molar-refractivity contribution in [3.8, 4) is 0 Å². The molecule has 5 nitrogen and oxygen atoms in total. The van der Waals surface area contributed by atoms with Gasteiger partial charge in [-0.3, -0.25) is 9.78 Å². The fourth-order valence-electron chi connectivity index (χ4n) is 2.38. The predicted molar refractivity (Wildman–Crippen MR) is 97.2 cm³/mol. The summed E-state index contributed by atoms with van der Waals surface area (Å²) in [6.45, 7) is 0. The second kappa shape index (κ2) is 7.40. The van der Waals surface area contributed by atoms with Crippen LogP contribution in [0.5, 0.6) is 0 Å². The van der Waals surface area contributed by atoms with Crippen LogP contribution in [0.3, 0.4) is 0 Å². The van der Waals surface area contributed by atoms with Crippen LogP contribution < -0.4 is 5.32 Å². The van der Waals surface area contributed by atoms with Gasteiger partial charge in [-0.15, -0.1) is 0 Å². The third kappa shape index (κ3) is 3.90. The van der Waals surface area contributed by atoms with Gasteiger partial charge in [-0.25, -0.2) is 4.79 Å². The number of pyridine rings is 1. The molecule has 2 aromatic carbocycles. The quantitative estimate of drug-likeness (QED) is 0.584. The number of methoxy groups -OCH3 is 1. The zero-order chi connectivity index (χ0) is 17.6. The molecule has 25 heavy (non-hydrogen) atoms. The molecule has 0 saturated heterocycles. The van der Waals surface area contributed by atoms with Crippen LogP contribution in [0.25, 0.3) is 17.0 Å². The van der Waals surface area contributed by atoms with Crippen LogP contribution in [0.2, 0.25) is 0 Å². The highest BCUT2D eigenvalue weighted by Gasteiger charge is 2.08. The highest BCUT2D eigenvalue weighted by atomic mass is 16.5. The molecule has 5 heteroatoms. The SMILES string of the molecule is COC(=O)/C=C/c1ccc(C(=O)Nc2cccc3cccnc23)cc1. The van der Waals surface area contributed by atoms with Crippen molar-refractivity contribution in [2.75, 3.05) is 12.4 Å². The lowest BCUT2D eigenvalue weighted by atomic mass is 10.1. The largest absolute Gasteiger partial charge is 0.466 e. The van der Waals surface area contributed by atoms with Crippen LogP contribution in [0.4, 0.5) is 5.69 Å². The minimum atomic E-state index is -0.426. The molecule has 0 aliphatic rings. The number of benzene rings is 2. The molecule has 0 unspecified atom stereocenters. The highest BCUT2D eigenvalue weighted by Crippen LogP contribution is 2.21. The Morgan fingerprint density at radius 3 is 2.56 bits per heavy atom. The Bertz CT molecular complexity index is 941. The van der Waals surface area contributed by atoms with E-state index in [9.17, 15) is 9.59 Å². The molecule has 0 saturated carbocycles. The van der Waals surface area contributed by atoms with Gasteiger partial charge in [0.25, 0.3) is 5.91 Å². The molecular formula is C20H16N2O3. The second-order valence-electron chi connectivity index (χ2n) is 5.31. The van der Waals surface area contributed by atoms with Gasteiger partial charge >= 0.3 is 5.97 Å². The van der Waals surface area contributed by atoms with E-state index in [-0.39, 0.29) is 5.91 Å². The lowest BCUT2D eigenvalue weighted by Crippen LogP contribution is -2.12. The number of carbonyl (C=O) groups excluding carboxylic acids is 2. The summed E-state index contributed by atoms with van der Waals surface area (Å²) in [5, 5.41) is 3.85. The minimum absolute atomic E-state index is 0.221. The van der Waals surface area contributed by atoms with Gasteiger partial charge in [0.2, 0.25) is 0 Å². The fraction of sp³-hybridized carbons (Fsp3) is 0.0500. The molecule has 3 rings (SSSR count). The van der Waals surface area contributed by atoms with E-state index in [0.717, 1.165) is 16.5 Å². The molecule has 1 N–H and O–H groups in total. The van der Waals surface area contributed by atoms with Crippen LogP contribution in [0.1, 0.15) is 15.9 Å². The van der Waals surface area contributed by atoms with Crippen LogP contribution in [0.15, 0.2) is 66.9 Å². The van der Waals surface area contributed by atoms with Crippen molar-refractivity contribution >= 4 is 34.5 Å². The maximum absolute atomic E-state index is 12.5. The van der Waals surface area contributed by atoms with Gasteiger partial charge in [-0.05, 0) is 35.9 Å². The van der Waals surface area contributed by atoms with E-state index < -0.39 is 5.97 Å². The first-order valence-corrected chi connectivity index (χ1v) is 7.68. The Kier molecular flexibility index (Phi) is 4.85. The maximum Gasteiger partial charge on any atom is 0.330 e. The van der Waals surface area contributed by atoms with E-state index in [1.54, 1.807) is 36.5 Å². The van der Waals surface area contributed by atoms with Gasteiger partial charge in [-0.1, -0.05) is 30.3 Å². The smallest absolute Gasteiger partial charge is 0.330 e. The van der Waals surface area contributed by atoms with E-state index in [2.05, 4.69) is 15.0 Å². The number of nitrogens with one attached hydrogen (secondary N) is 1. The lowest BCUT2D eigenvalue weighted by Gasteiger charge is -2.08. The second-order valence-corrected chi connectivity index (χ2v) is 5.31. The molecular weight excluding hydrogens is 316 g/mol. The number of nitrogens with zero attached hydrogens (tertiary/aromatic N) is 1. The summed E-state index contributed by atoms with van der Waals surface area (Å²) in [4.78, 5) is 27.9. The molecule has 0 aliphatic carbocycles. The summed E-state index contributed by atoms with van der Waals surface area (Å²) < 4.78 is 4.54. The van der Waals surface area contributed by atoms with Crippen molar-refractivity contribution in [1.29, 1.82) is 0 Å². The summed E-state index contributed by atoms with van der Waals surface area (Å²) in [6, 6.07) is 16.4. The number of aromatic nitrogens is 1. The van der Waals surface area contributed by atoms with Crippen molar-refractivity contribution < 1.29 is 14.3 Å². The van der Waals surface area contributed by atoms with Crippen LogP contribution >= 0.6 is 0 Å². The number of carbonyl (C=O) groups is 2. The monoisotopic (exact) mass is 332 g/mol. The summed E-state index contributed by atoms with van der Waals surface area (Å²) in [7, 11) is 1.32. The third-order valence-corrected chi connectivity index (χ3v) is 3.67. The Balaban J connectivity index is 1.77. The molecule has 0 fully saturated rings. The van der Waals surface area contributed by atoms with Gasteiger partial charge in [-0.2, -0.15) is 0 Å². The van der Waals surface area contributed by atoms with Crippen molar-refractivity contribution in [3.63, 3.8) is 0 Å². The minimum Gasteiger partial charge on any atom is -0.466 e. The first-order chi connectivity index (χ1) is 12.2. The number of anilines is 1. The number of fused-ring (bicyclic) bond motifs is 1. The average molecular weight is 332 g/mol. The standard InChI is InChI=1S/C20H16N2O3/c1-25-18(23)12-9-14-7-10-16(11-8-14)20(24)22-17-6-2-4-15-5-3-13-21-19(15)17/h2-13H,1H3,(H,22,24)/b12-9+. The molecule has 0 bridgehead atoms. The summed E-state index contributed by atoms with van der Waals surface area (Å²) >= 11 is 0. The zero-order valence-electron chi connectivity index (χ0n) is 13.6.